The number of carboxylic acids is 1. The molecule has 0 spiro atoms. The second-order valence-electron chi connectivity index (χ2n) is 8.41. The van der Waals surface area contributed by atoms with E-state index in [1.807, 2.05) is 0 Å². The number of aliphatic carboxylic acids is 1. The molecule has 0 aromatic carbocycles. The molecule has 0 saturated carbocycles. The Labute approximate surface area is 187 Å². The van der Waals surface area contributed by atoms with Gasteiger partial charge in [-0.2, -0.15) is 5.10 Å². The molecule has 0 bridgehead atoms. The van der Waals surface area contributed by atoms with E-state index >= 15 is 0 Å². The SMILES string of the molecule is Cn1ncc2c(NC(CCCCCCCc3ccc4c(n3)NCCC4)C(=O)O)ncnc21. The van der Waals surface area contributed by atoms with Crippen LogP contribution < -0.4 is 10.6 Å². The first-order valence-corrected chi connectivity index (χ1v) is 11.5. The topological polar surface area (TPSA) is 118 Å². The third kappa shape index (κ3) is 5.33. The zero-order chi connectivity index (χ0) is 22.3. The van der Waals surface area contributed by atoms with Crippen LogP contribution in [-0.4, -0.2) is 48.4 Å². The van der Waals surface area contributed by atoms with Gasteiger partial charge in [-0.3, -0.25) is 4.68 Å². The van der Waals surface area contributed by atoms with E-state index in [0.717, 1.165) is 68.4 Å². The number of nitrogens with zero attached hydrogens (tertiary/aromatic N) is 5. The van der Waals surface area contributed by atoms with Crippen molar-refractivity contribution in [3.05, 3.63) is 35.9 Å². The number of nitrogens with one attached hydrogen (secondary N) is 2. The molecule has 3 N–H and O–H groups in total. The van der Waals surface area contributed by atoms with Crippen molar-refractivity contribution < 1.29 is 9.90 Å². The number of aromatic nitrogens is 5. The summed E-state index contributed by atoms with van der Waals surface area (Å²) >= 11 is 0. The van der Waals surface area contributed by atoms with Crippen LogP contribution in [0.15, 0.2) is 24.7 Å². The minimum absolute atomic E-state index is 0.516. The Balaban J connectivity index is 1.18. The van der Waals surface area contributed by atoms with Crippen molar-refractivity contribution in [3.63, 3.8) is 0 Å². The average Bonchev–Trinajstić information content (AvgIpc) is 3.19. The monoisotopic (exact) mass is 437 g/mol. The number of carbonyl (C=O) groups is 1. The molecule has 1 aliphatic rings. The minimum atomic E-state index is -0.868. The number of carboxylic acid groups (broad SMARTS) is 1. The number of fused-ring (bicyclic) bond motifs is 2. The molecule has 1 unspecified atom stereocenters. The van der Waals surface area contributed by atoms with E-state index in [1.165, 1.54) is 18.3 Å². The fraction of sp³-hybridized carbons (Fsp3) is 0.522. The molecule has 0 fully saturated rings. The van der Waals surface area contributed by atoms with Crippen LogP contribution in [0.3, 0.4) is 0 Å². The molecule has 1 aliphatic heterocycles. The van der Waals surface area contributed by atoms with Crippen LogP contribution in [-0.2, 0) is 24.7 Å². The quantitative estimate of drug-likeness (QED) is 0.390. The van der Waals surface area contributed by atoms with Crippen molar-refractivity contribution >= 4 is 28.6 Å². The molecule has 4 rings (SSSR count). The van der Waals surface area contributed by atoms with Crippen LogP contribution in [0, 0.1) is 0 Å². The highest BCUT2D eigenvalue weighted by atomic mass is 16.4. The summed E-state index contributed by atoms with van der Waals surface area (Å²) in [7, 11) is 1.80. The lowest BCUT2D eigenvalue weighted by molar-refractivity contribution is -0.138. The first-order chi connectivity index (χ1) is 15.6. The Morgan fingerprint density at radius 2 is 2.06 bits per heavy atom. The molecule has 32 heavy (non-hydrogen) atoms. The predicted molar refractivity (Wildman–Crippen MR) is 124 cm³/mol. The van der Waals surface area contributed by atoms with Gasteiger partial charge in [0, 0.05) is 19.3 Å². The lowest BCUT2D eigenvalue weighted by atomic mass is 10.0. The van der Waals surface area contributed by atoms with E-state index in [-0.39, 0.29) is 0 Å². The molecule has 0 aliphatic carbocycles. The Morgan fingerprint density at radius 1 is 1.22 bits per heavy atom. The van der Waals surface area contributed by atoms with Crippen molar-refractivity contribution in [2.75, 3.05) is 17.2 Å². The first kappa shape index (κ1) is 22.0. The van der Waals surface area contributed by atoms with Gasteiger partial charge in [-0.1, -0.05) is 31.7 Å². The number of hydrogen-bond donors (Lipinski definition) is 3. The van der Waals surface area contributed by atoms with Gasteiger partial charge in [0.1, 0.15) is 24.0 Å². The summed E-state index contributed by atoms with van der Waals surface area (Å²) in [5, 5.41) is 21.0. The van der Waals surface area contributed by atoms with Gasteiger partial charge < -0.3 is 15.7 Å². The summed E-state index contributed by atoms with van der Waals surface area (Å²) < 4.78 is 1.65. The van der Waals surface area contributed by atoms with Gasteiger partial charge in [-0.05, 0) is 43.7 Å². The van der Waals surface area contributed by atoms with Gasteiger partial charge in [0.25, 0.3) is 0 Å². The van der Waals surface area contributed by atoms with Gasteiger partial charge >= 0.3 is 5.97 Å². The predicted octanol–water partition coefficient (Wildman–Crippen LogP) is 3.56. The molecule has 170 valence electrons. The lowest BCUT2D eigenvalue weighted by Gasteiger charge is -2.17. The second-order valence-corrected chi connectivity index (χ2v) is 8.41. The summed E-state index contributed by atoms with van der Waals surface area (Å²) in [6.45, 7) is 1.01. The number of hydrogen-bond acceptors (Lipinski definition) is 7. The zero-order valence-electron chi connectivity index (χ0n) is 18.5. The van der Waals surface area contributed by atoms with E-state index < -0.39 is 12.0 Å². The van der Waals surface area contributed by atoms with Crippen LogP contribution in [0.1, 0.15) is 56.2 Å². The van der Waals surface area contributed by atoms with Crippen molar-refractivity contribution in [2.24, 2.45) is 7.05 Å². The van der Waals surface area contributed by atoms with Crippen molar-refractivity contribution in [2.45, 2.75) is 63.8 Å². The van der Waals surface area contributed by atoms with E-state index in [1.54, 1.807) is 17.9 Å². The summed E-state index contributed by atoms with van der Waals surface area (Å²) in [6, 6.07) is 3.68. The third-order valence-electron chi connectivity index (χ3n) is 6.02. The third-order valence-corrected chi connectivity index (χ3v) is 6.02. The molecular weight excluding hydrogens is 406 g/mol. The fourth-order valence-corrected chi connectivity index (χ4v) is 4.19. The molecule has 3 aromatic heterocycles. The van der Waals surface area contributed by atoms with Crippen molar-refractivity contribution in [3.8, 4) is 0 Å². The Hall–Kier alpha value is -3.23. The lowest BCUT2D eigenvalue weighted by Crippen LogP contribution is -2.29. The minimum Gasteiger partial charge on any atom is -0.480 e. The molecule has 3 aromatic rings. The standard InChI is InChI=1S/C23H31N7O2/c1-30-22-18(14-27-30)21(25-15-26-22)29-19(23(31)32)10-6-4-2-3-5-9-17-12-11-16-8-7-13-24-20(16)28-17/h11-12,14-15,19H,2-10,13H2,1H3,(H,24,28)(H,31,32)(H,25,26,29). The van der Waals surface area contributed by atoms with Crippen LogP contribution in [0.25, 0.3) is 11.0 Å². The van der Waals surface area contributed by atoms with Crippen LogP contribution in [0.5, 0.6) is 0 Å². The van der Waals surface area contributed by atoms with Crippen LogP contribution >= 0.6 is 0 Å². The molecule has 1 atom stereocenters. The summed E-state index contributed by atoms with van der Waals surface area (Å²) in [4.78, 5) is 24.9. The van der Waals surface area contributed by atoms with Gasteiger partial charge in [0.05, 0.1) is 11.6 Å². The largest absolute Gasteiger partial charge is 0.480 e. The maximum absolute atomic E-state index is 11.7. The van der Waals surface area contributed by atoms with E-state index in [9.17, 15) is 9.90 Å². The highest BCUT2D eigenvalue weighted by Gasteiger charge is 2.19. The van der Waals surface area contributed by atoms with E-state index in [4.69, 9.17) is 4.98 Å². The maximum Gasteiger partial charge on any atom is 0.326 e. The number of pyridine rings is 1. The van der Waals surface area contributed by atoms with Gasteiger partial charge in [0.15, 0.2) is 5.65 Å². The van der Waals surface area contributed by atoms with E-state index in [0.29, 0.717) is 17.9 Å². The molecule has 4 heterocycles. The molecule has 0 radical (unpaired) electrons. The number of unbranched alkanes of at least 4 members (excludes halogenated alkanes) is 4. The zero-order valence-corrected chi connectivity index (χ0v) is 18.5. The summed E-state index contributed by atoms with van der Waals surface area (Å²) in [6.07, 6.45) is 12.1. The van der Waals surface area contributed by atoms with E-state index in [2.05, 4.69) is 37.8 Å². The van der Waals surface area contributed by atoms with Crippen LogP contribution in [0.2, 0.25) is 0 Å². The summed E-state index contributed by atoms with van der Waals surface area (Å²) in [5.74, 6) is 0.712. The number of anilines is 2. The summed E-state index contributed by atoms with van der Waals surface area (Å²) in [5.41, 5.74) is 3.16. The van der Waals surface area contributed by atoms with Crippen molar-refractivity contribution in [1.82, 2.24) is 24.7 Å². The Morgan fingerprint density at radius 3 is 2.94 bits per heavy atom. The highest BCUT2D eigenvalue weighted by Crippen LogP contribution is 2.22. The smallest absolute Gasteiger partial charge is 0.326 e. The first-order valence-electron chi connectivity index (χ1n) is 11.5. The Kier molecular flexibility index (Phi) is 7.14. The second kappa shape index (κ2) is 10.4. The van der Waals surface area contributed by atoms with Gasteiger partial charge in [0.2, 0.25) is 0 Å². The average molecular weight is 438 g/mol. The maximum atomic E-state index is 11.7. The number of aryl methyl sites for hydroxylation is 3. The molecule has 9 nitrogen and oxygen atoms in total. The highest BCUT2D eigenvalue weighted by molar-refractivity contribution is 5.88. The Bertz CT molecular complexity index is 1070. The molecule has 0 saturated heterocycles. The number of rotatable bonds is 11. The normalized spacial score (nSPS) is 14.0. The van der Waals surface area contributed by atoms with Gasteiger partial charge in [-0.25, -0.2) is 19.7 Å². The fourth-order valence-electron chi connectivity index (χ4n) is 4.19. The molecular formula is C23H31N7O2. The molecule has 9 heteroatoms. The molecule has 0 amide bonds. The van der Waals surface area contributed by atoms with Crippen LogP contribution in [0.4, 0.5) is 11.6 Å². The van der Waals surface area contributed by atoms with Gasteiger partial charge in [-0.15, -0.1) is 0 Å². The van der Waals surface area contributed by atoms with Crippen molar-refractivity contribution in [1.29, 1.82) is 0 Å².